The fraction of sp³-hybridized carbons (Fsp3) is 0.867. The lowest BCUT2D eigenvalue weighted by molar-refractivity contribution is -0.154. The second kappa shape index (κ2) is 19.0. The van der Waals surface area contributed by atoms with Crippen molar-refractivity contribution in [2.45, 2.75) is 104 Å². The topological polar surface area (TPSA) is 113 Å². The van der Waals surface area contributed by atoms with Gasteiger partial charge in [0.2, 0.25) is 18.2 Å². The smallest absolute Gasteiger partial charge is 0.326 e. The van der Waals surface area contributed by atoms with Crippen molar-refractivity contribution in [2.75, 3.05) is 53.4 Å². The number of nitrogens with zero attached hydrogens (tertiary/aromatic N) is 4. The van der Waals surface area contributed by atoms with Crippen LogP contribution in [0.15, 0.2) is 0 Å². The summed E-state index contributed by atoms with van der Waals surface area (Å²) in [4.78, 5) is 55.3. The molecular weight excluding hydrogens is 510 g/mol. The molecule has 0 aromatic heterocycles. The molecule has 0 aromatic rings. The lowest BCUT2D eigenvalue weighted by atomic mass is 9.99. The highest BCUT2D eigenvalue weighted by Crippen LogP contribution is 2.26. The zero-order valence-corrected chi connectivity index (χ0v) is 26.2. The maximum atomic E-state index is 13.2. The van der Waals surface area contributed by atoms with Gasteiger partial charge in [0.1, 0.15) is 6.04 Å². The maximum Gasteiger partial charge on any atom is 0.326 e. The fourth-order valence-corrected chi connectivity index (χ4v) is 5.48. The van der Waals surface area contributed by atoms with Crippen LogP contribution in [0.5, 0.6) is 0 Å². The molecule has 3 aliphatic rings. The third kappa shape index (κ3) is 12.5. The molecule has 0 bridgehead atoms. The van der Waals surface area contributed by atoms with E-state index in [1.165, 1.54) is 32.4 Å². The number of carboxylic acids is 1. The SMILES string of the molecule is CC(C)C.CC(C)[C@@H](CN1CCC[C@H]1C(=O)N1CCCCC1C(=O)O)N(C)C(=O)CNC=O.CN1CCCCC1. The van der Waals surface area contributed by atoms with E-state index in [4.69, 9.17) is 0 Å². The van der Waals surface area contributed by atoms with E-state index in [9.17, 15) is 24.3 Å². The van der Waals surface area contributed by atoms with Crippen LogP contribution in [0.2, 0.25) is 0 Å². The van der Waals surface area contributed by atoms with E-state index >= 15 is 0 Å². The first-order valence-electron chi connectivity index (χ1n) is 15.3. The number of piperidine rings is 2. The van der Waals surface area contributed by atoms with Crippen molar-refractivity contribution in [1.82, 2.24) is 24.9 Å². The molecule has 2 N–H and O–H groups in total. The highest BCUT2D eigenvalue weighted by atomic mass is 16.4. The van der Waals surface area contributed by atoms with Gasteiger partial charge in [-0.3, -0.25) is 19.3 Å². The van der Waals surface area contributed by atoms with E-state index in [1.54, 1.807) is 16.8 Å². The van der Waals surface area contributed by atoms with Gasteiger partial charge in [0.15, 0.2) is 0 Å². The number of hydrogen-bond acceptors (Lipinski definition) is 6. The standard InChI is InChI=1S/C20H34N4O5.C6H13N.C4H10/c1-14(2)17(22(3)18(26)11-21-13-25)12-23-9-6-8-15(23)19(27)24-10-5-4-7-16(24)20(28)29;1-7-5-3-2-4-6-7;1-4(2)3/h13-17H,4-12H2,1-3H3,(H,21,25)(H,28,29);2-6H2,1H3;4H,1-3H3/t15-,16?,17+;;/m0../s1. The van der Waals surface area contributed by atoms with Gasteiger partial charge in [-0.1, -0.05) is 41.0 Å². The molecule has 3 atom stereocenters. The normalized spacial score (nSPS) is 22.5. The largest absolute Gasteiger partial charge is 0.480 e. The number of likely N-dealkylation sites (N-methyl/N-ethyl adjacent to an activating group) is 1. The average Bonchev–Trinajstić information content (AvgIpc) is 3.38. The van der Waals surface area contributed by atoms with Gasteiger partial charge in [-0.2, -0.15) is 0 Å². The predicted molar refractivity (Wildman–Crippen MR) is 159 cm³/mol. The summed E-state index contributed by atoms with van der Waals surface area (Å²) >= 11 is 0. The van der Waals surface area contributed by atoms with Gasteiger partial charge in [-0.15, -0.1) is 0 Å². The average molecular weight is 568 g/mol. The van der Waals surface area contributed by atoms with Crippen molar-refractivity contribution >= 4 is 24.2 Å². The molecule has 10 nitrogen and oxygen atoms in total. The van der Waals surface area contributed by atoms with Crippen LogP contribution >= 0.6 is 0 Å². The third-order valence-electron chi connectivity index (χ3n) is 7.72. The summed E-state index contributed by atoms with van der Waals surface area (Å²) in [6.07, 6.45) is 8.52. The molecule has 0 spiro atoms. The molecule has 0 aliphatic carbocycles. The molecule has 40 heavy (non-hydrogen) atoms. The summed E-state index contributed by atoms with van der Waals surface area (Å²) in [6, 6.07) is -1.19. The summed E-state index contributed by atoms with van der Waals surface area (Å²) in [7, 11) is 3.91. The van der Waals surface area contributed by atoms with Gasteiger partial charge in [-0.25, -0.2) is 4.79 Å². The monoisotopic (exact) mass is 567 g/mol. The third-order valence-corrected chi connectivity index (χ3v) is 7.72. The number of amides is 3. The van der Waals surface area contributed by atoms with Crippen LogP contribution in [-0.4, -0.2) is 120 Å². The van der Waals surface area contributed by atoms with Crippen LogP contribution in [0, 0.1) is 11.8 Å². The van der Waals surface area contributed by atoms with E-state index < -0.39 is 12.0 Å². The van der Waals surface area contributed by atoms with Gasteiger partial charge in [0, 0.05) is 26.2 Å². The zero-order valence-electron chi connectivity index (χ0n) is 26.2. The van der Waals surface area contributed by atoms with E-state index in [1.807, 2.05) is 13.8 Å². The number of carboxylic acid groups (broad SMARTS) is 1. The van der Waals surface area contributed by atoms with Crippen LogP contribution in [0.1, 0.15) is 86.0 Å². The molecule has 0 radical (unpaired) electrons. The Bertz CT molecular complexity index is 769. The van der Waals surface area contributed by atoms with Gasteiger partial charge in [-0.05, 0) is 83.5 Å². The highest BCUT2D eigenvalue weighted by Gasteiger charge is 2.40. The molecule has 0 aromatic carbocycles. The Morgan fingerprint density at radius 3 is 1.98 bits per heavy atom. The number of aliphatic carboxylic acids is 1. The van der Waals surface area contributed by atoms with Crippen molar-refractivity contribution in [1.29, 1.82) is 0 Å². The van der Waals surface area contributed by atoms with Gasteiger partial charge in [0.05, 0.1) is 12.6 Å². The Labute approximate surface area is 242 Å². The van der Waals surface area contributed by atoms with Crippen molar-refractivity contribution in [2.24, 2.45) is 11.8 Å². The molecule has 3 saturated heterocycles. The molecule has 3 amide bonds. The zero-order chi connectivity index (χ0) is 30.2. The summed E-state index contributed by atoms with van der Waals surface area (Å²) in [5.41, 5.74) is 0. The van der Waals surface area contributed by atoms with Crippen LogP contribution in [0.25, 0.3) is 0 Å². The minimum absolute atomic E-state index is 0.0559. The van der Waals surface area contributed by atoms with Crippen LogP contribution < -0.4 is 5.32 Å². The summed E-state index contributed by atoms with van der Waals surface area (Å²) in [5.74, 6) is -0.220. The highest BCUT2D eigenvalue weighted by molar-refractivity contribution is 5.87. The van der Waals surface area contributed by atoms with Gasteiger partial charge < -0.3 is 25.1 Å². The first-order valence-corrected chi connectivity index (χ1v) is 15.3. The van der Waals surface area contributed by atoms with E-state index in [2.05, 4.69) is 42.9 Å². The number of rotatable bonds is 9. The van der Waals surface area contributed by atoms with E-state index in [-0.39, 0.29) is 36.4 Å². The van der Waals surface area contributed by atoms with Gasteiger partial charge in [0.25, 0.3) is 0 Å². The minimum atomic E-state index is -0.935. The van der Waals surface area contributed by atoms with Crippen molar-refractivity contribution in [3.05, 3.63) is 0 Å². The van der Waals surface area contributed by atoms with Crippen molar-refractivity contribution in [3.63, 3.8) is 0 Å². The lowest BCUT2D eigenvalue weighted by Gasteiger charge is -2.39. The Morgan fingerprint density at radius 2 is 1.48 bits per heavy atom. The van der Waals surface area contributed by atoms with E-state index in [0.717, 1.165) is 31.7 Å². The summed E-state index contributed by atoms with van der Waals surface area (Å²) < 4.78 is 0. The first kappa shape index (κ1) is 35.8. The quantitative estimate of drug-likeness (QED) is 0.412. The Balaban J connectivity index is 0.000000605. The maximum absolute atomic E-state index is 13.2. The molecule has 3 heterocycles. The first-order chi connectivity index (χ1) is 18.9. The number of carbonyl (C=O) groups excluding carboxylic acids is 3. The second-order valence-corrected chi connectivity index (χ2v) is 12.4. The number of nitrogens with one attached hydrogen (secondary N) is 1. The van der Waals surface area contributed by atoms with E-state index in [0.29, 0.717) is 32.3 Å². The Hall–Kier alpha value is -2.20. The Morgan fingerprint density at radius 1 is 0.900 bits per heavy atom. The molecule has 1 unspecified atom stereocenters. The molecule has 3 fully saturated rings. The van der Waals surface area contributed by atoms with Crippen LogP contribution in [-0.2, 0) is 19.2 Å². The predicted octanol–water partition coefficient (Wildman–Crippen LogP) is 2.91. The van der Waals surface area contributed by atoms with Crippen LogP contribution in [0.3, 0.4) is 0 Å². The lowest BCUT2D eigenvalue weighted by Crippen LogP contribution is -2.56. The van der Waals surface area contributed by atoms with Crippen molar-refractivity contribution in [3.8, 4) is 0 Å². The molecule has 0 saturated carbocycles. The fourth-order valence-electron chi connectivity index (χ4n) is 5.48. The number of likely N-dealkylation sites (tertiary alicyclic amines) is 3. The molecule has 10 heteroatoms. The number of carbonyl (C=O) groups is 4. The summed E-state index contributed by atoms with van der Waals surface area (Å²) in [6.45, 7) is 14.9. The second-order valence-electron chi connectivity index (χ2n) is 12.4. The minimum Gasteiger partial charge on any atom is -0.480 e. The molecule has 232 valence electrons. The molecule has 3 aliphatic heterocycles. The summed E-state index contributed by atoms with van der Waals surface area (Å²) in [5, 5.41) is 11.9. The molecule has 3 rings (SSSR count). The Kier molecular flexibility index (Phi) is 17.0. The number of hydrogen-bond donors (Lipinski definition) is 2. The van der Waals surface area contributed by atoms with Crippen molar-refractivity contribution < 1.29 is 24.3 Å². The van der Waals surface area contributed by atoms with Crippen LogP contribution in [0.4, 0.5) is 0 Å². The molecular formula is C30H57N5O5. The van der Waals surface area contributed by atoms with Gasteiger partial charge >= 0.3 is 5.97 Å².